The van der Waals surface area contributed by atoms with Gasteiger partial charge in [0.05, 0.1) is 23.8 Å². The van der Waals surface area contributed by atoms with Gasteiger partial charge < -0.3 is 14.9 Å². The molecule has 4 heterocycles. The van der Waals surface area contributed by atoms with Crippen LogP contribution < -0.4 is 9.80 Å². The average molecular weight is 434 g/mol. The Morgan fingerprint density at radius 2 is 1.78 bits per heavy atom. The third-order valence-electron chi connectivity index (χ3n) is 6.20. The highest BCUT2D eigenvalue weighted by Crippen LogP contribution is 2.27. The number of hydrogen-bond donors (Lipinski definition) is 1. The average Bonchev–Trinajstić information content (AvgIpc) is 2.77. The first kappa shape index (κ1) is 22.1. The maximum atomic E-state index is 10.1. The van der Waals surface area contributed by atoms with Crippen LogP contribution in [0.4, 0.5) is 11.6 Å². The molecule has 168 valence electrons. The number of rotatable bonds is 5. The van der Waals surface area contributed by atoms with E-state index in [1.807, 2.05) is 24.5 Å². The van der Waals surface area contributed by atoms with Crippen LogP contribution in [0, 0.1) is 13.8 Å². The molecule has 0 spiro atoms. The first-order valence-electron chi connectivity index (χ1n) is 11.0. The van der Waals surface area contributed by atoms with Gasteiger partial charge >= 0.3 is 0 Å². The Labute approximate surface area is 189 Å². The molecule has 0 amide bonds. The first-order chi connectivity index (χ1) is 15.2. The van der Waals surface area contributed by atoms with Crippen molar-refractivity contribution in [1.82, 2.24) is 25.1 Å². The van der Waals surface area contributed by atoms with E-state index in [1.54, 1.807) is 26.2 Å². The van der Waals surface area contributed by atoms with Crippen LogP contribution in [0.3, 0.4) is 0 Å². The molecule has 0 bridgehead atoms. The van der Waals surface area contributed by atoms with Crippen molar-refractivity contribution < 1.29 is 5.11 Å². The number of anilines is 2. The minimum atomic E-state index is -0.993. The van der Waals surface area contributed by atoms with Gasteiger partial charge in [0.1, 0.15) is 11.4 Å². The second kappa shape index (κ2) is 8.78. The van der Waals surface area contributed by atoms with E-state index in [2.05, 4.69) is 55.7 Å². The van der Waals surface area contributed by atoms with Crippen LogP contribution in [0.25, 0.3) is 0 Å². The Morgan fingerprint density at radius 1 is 1.03 bits per heavy atom. The summed E-state index contributed by atoms with van der Waals surface area (Å²) >= 11 is 0. The van der Waals surface area contributed by atoms with Crippen molar-refractivity contribution in [2.24, 2.45) is 0 Å². The van der Waals surface area contributed by atoms with Gasteiger partial charge in [-0.2, -0.15) is 5.10 Å². The fourth-order valence-corrected chi connectivity index (χ4v) is 4.08. The van der Waals surface area contributed by atoms with Gasteiger partial charge in [0, 0.05) is 44.5 Å². The summed E-state index contributed by atoms with van der Waals surface area (Å²) in [5.41, 5.74) is 4.14. The van der Waals surface area contributed by atoms with Gasteiger partial charge in [0.2, 0.25) is 0 Å². The Morgan fingerprint density at radius 3 is 2.41 bits per heavy atom. The molecule has 0 saturated carbocycles. The highest BCUT2D eigenvalue weighted by Gasteiger charge is 2.28. The van der Waals surface area contributed by atoms with Gasteiger partial charge in [-0.1, -0.05) is 0 Å². The maximum Gasteiger partial charge on any atom is 0.154 e. The Balaban J connectivity index is 1.48. The Kier molecular flexibility index (Phi) is 6.06. The molecule has 1 aliphatic rings. The molecular formula is C24H31N7O. The van der Waals surface area contributed by atoms with Crippen LogP contribution in [-0.2, 0) is 12.0 Å². The topological polar surface area (TPSA) is 91.2 Å². The van der Waals surface area contributed by atoms with Crippen molar-refractivity contribution >= 4 is 11.6 Å². The molecule has 0 aromatic carbocycles. The number of hydrogen-bond acceptors (Lipinski definition) is 8. The molecule has 1 N–H and O–H groups in total. The lowest BCUT2D eigenvalue weighted by molar-refractivity contribution is 0.0734. The molecule has 1 aliphatic heterocycles. The summed E-state index contributed by atoms with van der Waals surface area (Å²) in [6.07, 6.45) is 7.79. The van der Waals surface area contributed by atoms with Gasteiger partial charge in [-0.25, -0.2) is 4.98 Å². The molecule has 3 aromatic rings. The zero-order valence-electron chi connectivity index (χ0n) is 19.4. The second-order valence-electron chi connectivity index (χ2n) is 9.06. The summed E-state index contributed by atoms with van der Waals surface area (Å²) < 4.78 is 0. The van der Waals surface area contributed by atoms with E-state index in [-0.39, 0.29) is 6.04 Å². The fourth-order valence-electron chi connectivity index (χ4n) is 4.08. The lowest BCUT2D eigenvalue weighted by atomic mass is 10.0. The van der Waals surface area contributed by atoms with Crippen LogP contribution in [0.1, 0.15) is 48.8 Å². The zero-order valence-corrected chi connectivity index (χ0v) is 19.4. The monoisotopic (exact) mass is 433 g/mol. The summed E-state index contributed by atoms with van der Waals surface area (Å²) in [5.74, 6) is 1.78. The molecule has 1 saturated heterocycles. The number of aliphatic hydroxyl groups is 1. The van der Waals surface area contributed by atoms with E-state index in [4.69, 9.17) is 0 Å². The molecule has 8 heteroatoms. The number of nitrogens with zero attached hydrogens (tertiary/aromatic N) is 7. The van der Waals surface area contributed by atoms with Crippen molar-refractivity contribution in [2.75, 3.05) is 29.4 Å². The van der Waals surface area contributed by atoms with Gasteiger partial charge in [-0.3, -0.25) is 9.97 Å². The van der Waals surface area contributed by atoms with E-state index in [0.717, 1.165) is 43.4 Å². The van der Waals surface area contributed by atoms with Gasteiger partial charge in [0.25, 0.3) is 0 Å². The molecule has 1 atom stereocenters. The molecule has 3 aromatic heterocycles. The summed E-state index contributed by atoms with van der Waals surface area (Å²) in [6, 6.07) is 4.27. The van der Waals surface area contributed by atoms with E-state index < -0.39 is 5.60 Å². The molecular weight excluding hydrogens is 402 g/mol. The molecule has 0 aliphatic carbocycles. The molecule has 8 nitrogen and oxygen atoms in total. The SMILES string of the molecule is Cc1c(Cc2ccncc2)nnc(N2CCN(c3cnc(C(C)(C)O)cn3)[C@H](C)C2)c1C. The summed E-state index contributed by atoms with van der Waals surface area (Å²) in [7, 11) is 0. The lowest BCUT2D eigenvalue weighted by Crippen LogP contribution is -2.53. The van der Waals surface area contributed by atoms with Crippen LogP contribution in [0.15, 0.2) is 36.9 Å². The second-order valence-corrected chi connectivity index (χ2v) is 9.06. The van der Waals surface area contributed by atoms with E-state index in [1.165, 1.54) is 16.7 Å². The lowest BCUT2D eigenvalue weighted by Gasteiger charge is -2.41. The summed E-state index contributed by atoms with van der Waals surface area (Å²) in [5, 5.41) is 19.3. The fraction of sp³-hybridized carbons (Fsp3) is 0.458. The minimum Gasteiger partial charge on any atom is -0.384 e. The summed E-state index contributed by atoms with van der Waals surface area (Å²) in [6.45, 7) is 12.3. The molecule has 0 unspecified atom stereocenters. The first-order valence-corrected chi connectivity index (χ1v) is 11.0. The van der Waals surface area contributed by atoms with Gasteiger partial charge in [-0.05, 0) is 63.4 Å². The van der Waals surface area contributed by atoms with Crippen LogP contribution in [-0.4, -0.2) is 55.9 Å². The quantitative estimate of drug-likeness (QED) is 0.657. The predicted octanol–water partition coefficient (Wildman–Crippen LogP) is 2.81. The minimum absolute atomic E-state index is 0.240. The van der Waals surface area contributed by atoms with Crippen molar-refractivity contribution in [3.8, 4) is 0 Å². The maximum absolute atomic E-state index is 10.1. The highest BCUT2D eigenvalue weighted by molar-refractivity contribution is 5.53. The van der Waals surface area contributed by atoms with Crippen molar-refractivity contribution in [3.63, 3.8) is 0 Å². The van der Waals surface area contributed by atoms with Crippen LogP contribution in [0.5, 0.6) is 0 Å². The Hall–Kier alpha value is -3.13. The number of aromatic nitrogens is 5. The smallest absolute Gasteiger partial charge is 0.154 e. The Bertz CT molecular complexity index is 1060. The summed E-state index contributed by atoms with van der Waals surface area (Å²) in [4.78, 5) is 17.6. The van der Waals surface area contributed by atoms with Crippen LogP contribution in [0.2, 0.25) is 0 Å². The molecule has 1 fully saturated rings. The third kappa shape index (κ3) is 4.55. The standard InChI is InChI=1S/C24H31N7O/c1-16-15-30(10-11-31(16)22-14-26-21(13-27-22)24(4,5)32)23-18(3)17(2)20(28-29-23)12-19-6-8-25-9-7-19/h6-9,13-14,16,32H,10-12,15H2,1-5H3/t16-/m1/s1. The van der Waals surface area contributed by atoms with Crippen molar-refractivity contribution in [3.05, 3.63) is 65.0 Å². The van der Waals surface area contributed by atoms with Crippen LogP contribution >= 0.6 is 0 Å². The molecule has 4 rings (SSSR count). The third-order valence-corrected chi connectivity index (χ3v) is 6.20. The van der Waals surface area contributed by atoms with Crippen molar-refractivity contribution in [2.45, 2.75) is 52.7 Å². The van der Waals surface area contributed by atoms with E-state index in [0.29, 0.717) is 5.69 Å². The number of pyridine rings is 1. The normalized spacial score (nSPS) is 17.0. The molecule has 0 radical (unpaired) electrons. The number of piperazine rings is 1. The van der Waals surface area contributed by atoms with Gasteiger partial charge in [-0.15, -0.1) is 5.10 Å². The van der Waals surface area contributed by atoms with Gasteiger partial charge in [0.15, 0.2) is 5.82 Å². The van der Waals surface area contributed by atoms with E-state index in [9.17, 15) is 5.11 Å². The predicted molar refractivity (Wildman–Crippen MR) is 125 cm³/mol. The molecule has 32 heavy (non-hydrogen) atoms. The highest BCUT2D eigenvalue weighted by atomic mass is 16.3. The zero-order chi connectivity index (χ0) is 22.9. The largest absolute Gasteiger partial charge is 0.384 e. The van der Waals surface area contributed by atoms with E-state index >= 15 is 0 Å². The van der Waals surface area contributed by atoms with Crippen molar-refractivity contribution in [1.29, 1.82) is 0 Å².